The Kier molecular flexibility index (Phi) is 3.13. The number of hydrogen-bond donors (Lipinski definition) is 2. The summed E-state index contributed by atoms with van der Waals surface area (Å²) < 4.78 is 0. The highest BCUT2D eigenvalue weighted by Crippen LogP contribution is 2.16. The number of H-pyrrole nitrogens is 1. The number of anilines is 1. The van der Waals surface area contributed by atoms with Crippen molar-refractivity contribution in [1.29, 1.82) is 0 Å². The van der Waals surface area contributed by atoms with Crippen LogP contribution in [0.1, 0.15) is 11.4 Å². The number of nitrogens with one attached hydrogen (secondary N) is 1. The highest BCUT2D eigenvalue weighted by atomic mass is 35.5. The molecule has 96 valence electrons. The molecular weight excluding hydrogens is 258 g/mol. The third-order valence-electron chi connectivity index (χ3n) is 3.12. The molecule has 3 aromatic rings. The molecule has 0 bridgehead atoms. The SMILES string of the molecule is Nc1ccc2nc(CCc3ccc(Cl)cc3)[nH]c2c1. The second kappa shape index (κ2) is 4.94. The fourth-order valence-electron chi connectivity index (χ4n) is 2.11. The van der Waals surface area contributed by atoms with Crippen LogP contribution in [-0.2, 0) is 12.8 Å². The molecule has 0 fully saturated rings. The van der Waals surface area contributed by atoms with Crippen LogP contribution < -0.4 is 5.73 Å². The molecule has 0 unspecified atom stereocenters. The summed E-state index contributed by atoms with van der Waals surface area (Å²) in [6.45, 7) is 0. The number of rotatable bonds is 3. The molecule has 0 aliphatic carbocycles. The lowest BCUT2D eigenvalue weighted by atomic mass is 10.1. The number of aryl methyl sites for hydroxylation is 2. The van der Waals surface area contributed by atoms with Gasteiger partial charge in [0.25, 0.3) is 0 Å². The Morgan fingerprint density at radius 1 is 1.05 bits per heavy atom. The zero-order valence-electron chi connectivity index (χ0n) is 10.4. The van der Waals surface area contributed by atoms with E-state index in [0.29, 0.717) is 0 Å². The number of halogens is 1. The Labute approximate surface area is 116 Å². The fourth-order valence-corrected chi connectivity index (χ4v) is 2.24. The number of nitrogens with zero attached hydrogens (tertiary/aromatic N) is 1. The number of imidazole rings is 1. The number of aromatic nitrogens is 2. The van der Waals surface area contributed by atoms with Gasteiger partial charge in [0.2, 0.25) is 0 Å². The van der Waals surface area contributed by atoms with Crippen molar-refractivity contribution in [3.63, 3.8) is 0 Å². The second-order valence-corrected chi connectivity index (χ2v) is 5.02. The zero-order valence-corrected chi connectivity index (χ0v) is 11.1. The standard InChI is InChI=1S/C15H14ClN3/c16-11-4-1-10(2-5-11)3-8-15-18-13-7-6-12(17)9-14(13)19-15/h1-2,4-7,9H,3,8,17H2,(H,18,19). The molecule has 19 heavy (non-hydrogen) atoms. The van der Waals surface area contributed by atoms with Gasteiger partial charge in [0.1, 0.15) is 5.82 Å². The van der Waals surface area contributed by atoms with E-state index in [1.807, 2.05) is 42.5 Å². The van der Waals surface area contributed by atoms with E-state index in [0.717, 1.165) is 40.4 Å². The number of hydrogen-bond acceptors (Lipinski definition) is 2. The summed E-state index contributed by atoms with van der Waals surface area (Å²) in [7, 11) is 0. The summed E-state index contributed by atoms with van der Waals surface area (Å²) in [6.07, 6.45) is 1.81. The largest absolute Gasteiger partial charge is 0.399 e. The molecule has 0 atom stereocenters. The van der Waals surface area contributed by atoms with Gasteiger partial charge in [0, 0.05) is 17.1 Å². The highest BCUT2D eigenvalue weighted by Gasteiger charge is 2.03. The van der Waals surface area contributed by atoms with Crippen molar-refractivity contribution in [3.8, 4) is 0 Å². The molecule has 0 aliphatic rings. The summed E-state index contributed by atoms with van der Waals surface area (Å²) in [4.78, 5) is 7.85. The van der Waals surface area contributed by atoms with Crippen molar-refractivity contribution < 1.29 is 0 Å². The average Bonchev–Trinajstić information content (AvgIpc) is 2.80. The quantitative estimate of drug-likeness (QED) is 0.716. The molecule has 1 aromatic heterocycles. The van der Waals surface area contributed by atoms with Gasteiger partial charge in [-0.3, -0.25) is 0 Å². The van der Waals surface area contributed by atoms with Gasteiger partial charge in [-0.2, -0.15) is 0 Å². The van der Waals surface area contributed by atoms with Crippen LogP contribution in [0.15, 0.2) is 42.5 Å². The molecule has 4 heteroatoms. The van der Waals surface area contributed by atoms with E-state index in [4.69, 9.17) is 17.3 Å². The first kappa shape index (κ1) is 12.1. The molecule has 0 amide bonds. The van der Waals surface area contributed by atoms with E-state index in [-0.39, 0.29) is 0 Å². The monoisotopic (exact) mass is 271 g/mol. The van der Waals surface area contributed by atoms with Crippen LogP contribution in [0.2, 0.25) is 5.02 Å². The smallest absolute Gasteiger partial charge is 0.107 e. The van der Waals surface area contributed by atoms with Crippen LogP contribution in [0, 0.1) is 0 Å². The minimum absolute atomic E-state index is 0.750. The lowest BCUT2D eigenvalue weighted by Crippen LogP contribution is -1.93. The minimum Gasteiger partial charge on any atom is -0.399 e. The van der Waals surface area contributed by atoms with Crippen LogP contribution >= 0.6 is 11.6 Å². The first-order chi connectivity index (χ1) is 9.20. The van der Waals surface area contributed by atoms with Crippen LogP contribution in [0.25, 0.3) is 11.0 Å². The molecule has 3 nitrogen and oxygen atoms in total. The van der Waals surface area contributed by atoms with Gasteiger partial charge in [-0.25, -0.2) is 4.98 Å². The molecule has 1 heterocycles. The summed E-state index contributed by atoms with van der Waals surface area (Å²) in [5.41, 5.74) is 9.71. The number of nitrogen functional groups attached to an aromatic ring is 1. The van der Waals surface area contributed by atoms with Crippen LogP contribution in [-0.4, -0.2) is 9.97 Å². The van der Waals surface area contributed by atoms with Crippen molar-refractivity contribution in [1.82, 2.24) is 9.97 Å². The van der Waals surface area contributed by atoms with E-state index in [1.165, 1.54) is 5.56 Å². The number of benzene rings is 2. The van der Waals surface area contributed by atoms with Crippen LogP contribution in [0.5, 0.6) is 0 Å². The third kappa shape index (κ3) is 2.71. The zero-order chi connectivity index (χ0) is 13.2. The molecule has 3 N–H and O–H groups in total. The highest BCUT2D eigenvalue weighted by molar-refractivity contribution is 6.30. The van der Waals surface area contributed by atoms with E-state index in [9.17, 15) is 0 Å². The first-order valence-corrected chi connectivity index (χ1v) is 6.57. The number of fused-ring (bicyclic) bond motifs is 1. The topological polar surface area (TPSA) is 54.7 Å². The summed E-state index contributed by atoms with van der Waals surface area (Å²) in [5.74, 6) is 0.982. The van der Waals surface area contributed by atoms with Gasteiger partial charge in [0.05, 0.1) is 11.0 Å². The predicted octanol–water partition coefficient (Wildman–Crippen LogP) is 3.58. The normalized spacial score (nSPS) is 11.0. The van der Waals surface area contributed by atoms with E-state index in [1.54, 1.807) is 0 Å². The Morgan fingerprint density at radius 2 is 1.84 bits per heavy atom. The molecule has 0 saturated carbocycles. The van der Waals surface area contributed by atoms with Crippen LogP contribution in [0.3, 0.4) is 0 Å². The fraction of sp³-hybridized carbons (Fsp3) is 0.133. The Bertz CT molecular complexity index is 701. The molecule has 2 aromatic carbocycles. The van der Waals surface area contributed by atoms with Crippen molar-refractivity contribution >= 4 is 28.3 Å². The summed E-state index contributed by atoms with van der Waals surface area (Å²) in [5, 5.41) is 0.767. The predicted molar refractivity (Wildman–Crippen MR) is 79.4 cm³/mol. The lowest BCUT2D eigenvalue weighted by molar-refractivity contribution is 0.890. The third-order valence-corrected chi connectivity index (χ3v) is 3.37. The number of aromatic amines is 1. The molecule has 0 radical (unpaired) electrons. The molecule has 0 spiro atoms. The summed E-state index contributed by atoms with van der Waals surface area (Å²) in [6, 6.07) is 13.6. The molecule has 0 aliphatic heterocycles. The van der Waals surface area contributed by atoms with Gasteiger partial charge >= 0.3 is 0 Å². The van der Waals surface area contributed by atoms with Crippen molar-refractivity contribution in [3.05, 3.63) is 58.9 Å². The van der Waals surface area contributed by atoms with E-state index < -0.39 is 0 Å². The second-order valence-electron chi connectivity index (χ2n) is 4.59. The maximum atomic E-state index is 5.87. The van der Waals surface area contributed by atoms with Crippen molar-refractivity contribution in [2.45, 2.75) is 12.8 Å². The van der Waals surface area contributed by atoms with Gasteiger partial charge in [0.15, 0.2) is 0 Å². The molecule has 3 rings (SSSR count). The lowest BCUT2D eigenvalue weighted by Gasteiger charge is -1.99. The van der Waals surface area contributed by atoms with E-state index >= 15 is 0 Å². The Hall–Kier alpha value is -2.00. The molecule has 0 saturated heterocycles. The van der Waals surface area contributed by atoms with Gasteiger partial charge in [-0.05, 0) is 42.3 Å². The minimum atomic E-state index is 0.750. The van der Waals surface area contributed by atoms with E-state index in [2.05, 4.69) is 9.97 Å². The average molecular weight is 272 g/mol. The van der Waals surface area contributed by atoms with Gasteiger partial charge in [-0.1, -0.05) is 23.7 Å². The van der Waals surface area contributed by atoms with Gasteiger partial charge < -0.3 is 10.7 Å². The Balaban J connectivity index is 1.76. The maximum absolute atomic E-state index is 5.87. The van der Waals surface area contributed by atoms with Crippen LogP contribution in [0.4, 0.5) is 5.69 Å². The maximum Gasteiger partial charge on any atom is 0.107 e. The van der Waals surface area contributed by atoms with Gasteiger partial charge in [-0.15, -0.1) is 0 Å². The first-order valence-electron chi connectivity index (χ1n) is 6.19. The number of nitrogens with two attached hydrogens (primary N) is 1. The Morgan fingerprint density at radius 3 is 2.63 bits per heavy atom. The van der Waals surface area contributed by atoms with Crippen molar-refractivity contribution in [2.24, 2.45) is 0 Å². The molecular formula is C15H14ClN3. The van der Waals surface area contributed by atoms with Crippen molar-refractivity contribution in [2.75, 3.05) is 5.73 Å². The summed E-state index contributed by atoms with van der Waals surface area (Å²) >= 11 is 5.87.